The summed E-state index contributed by atoms with van der Waals surface area (Å²) in [7, 11) is 0. The number of hydrogen-bond acceptors (Lipinski definition) is 2. The minimum absolute atomic E-state index is 1.07. The van der Waals surface area contributed by atoms with Crippen LogP contribution in [0.3, 0.4) is 0 Å². The third kappa shape index (κ3) is 6.84. The first-order valence-electron chi connectivity index (χ1n) is 21.3. The quantitative estimate of drug-likeness (QED) is 0.134. The summed E-state index contributed by atoms with van der Waals surface area (Å²) in [6.07, 6.45) is 0. The summed E-state index contributed by atoms with van der Waals surface area (Å²) in [5, 5.41) is 7.21. The Labute approximate surface area is 362 Å². The van der Waals surface area contributed by atoms with Crippen molar-refractivity contribution in [3.63, 3.8) is 0 Å². The minimum Gasteiger partial charge on any atom is -0.311 e. The van der Waals surface area contributed by atoms with Crippen LogP contribution < -0.4 is 9.80 Å². The molecule has 11 aromatic carbocycles. The van der Waals surface area contributed by atoms with E-state index in [9.17, 15) is 0 Å². The SMILES string of the molecule is c1ccc(-c2ccc3c(N(c4ccccc4)c4ccc(N(c5ccccc5)c5ccccc5)cc4)c4cc(-c5ccccc5)ccc4c(-c4ccc5ccccc5c4)c3c2)cc1. The molecule has 0 aliphatic rings. The fourth-order valence-corrected chi connectivity index (χ4v) is 9.06. The molecule has 11 aromatic rings. The Morgan fingerprint density at radius 1 is 0.210 bits per heavy atom. The van der Waals surface area contributed by atoms with Gasteiger partial charge in [-0.05, 0) is 134 Å². The van der Waals surface area contributed by atoms with E-state index in [1.165, 1.54) is 65.7 Å². The molecule has 292 valence electrons. The fraction of sp³-hybridized carbons (Fsp3) is 0. The van der Waals surface area contributed by atoms with Gasteiger partial charge in [-0.1, -0.05) is 176 Å². The van der Waals surface area contributed by atoms with Crippen LogP contribution in [0.25, 0.3) is 65.7 Å². The summed E-state index contributed by atoms with van der Waals surface area (Å²) in [6.45, 7) is 0. The highest BCUT2D eigenvalue weighted by molar-refractivity contribution is 6.23. The van der Waals surface area contributed by atoms with Crippen LogP contribution in [0.5, 0.6) is 0 Å². The molecule has 0 saturated heterocycles. The molecule has 11 rings (SSSR count). The van der Waals surface area contributed by atoms with E-state index >= 15 is 0 Å². The summed E-state index contributed by atoms with van der Waals surface area (Å²) in [6, 6.07) is 92.3. The predicted molar refractivity (Wildman–Crippen MR) is 265 cm³/mol. The average Bonchev–Trinajstić information content (AvgIpc) is 3.35. The lowest BCUT2D eigenvalue weighted by Crippen LogP contribution is -2.13. The third-order valence-electron chi connectivity index (χ3n) is 12.0. The van der Waals surface area contributed by atoms with Gasteiger partial charge in [-0.2, -0.15) is 0 Å². The van der Waals surface area contributed by atoms with Gasteiger partial charge in [0.05, 0.1) is 5.69 Å². The van der Waals surface area contributed by atoms with Gasteiger partial charge in [0.1, 0.15) is 0 Å². The molecule has 0 aliphatic heterocycles. The molecule has 0 unspecified atom stereocenters. The van der Waals surface area contributed by atoms with E-state index in [4.69, 9.17) is 0 Å². The molecular formula is C60H42N2. The van der Waals surface area contributed by atoms with Crippen LogP contribution in [-0.2, 0) is 0 Å². The van der Waals surface area contributed by atoms with Crippen LogP contribution in [0.1, 0.15) is 0 Å². The van der Waals surface area contributed by atoms with Crippen LogP contribution in [0.4, 0.5) is 34.1 Å². The number of anilines is 6. The lowest BCUT2D eigenvalue weighted by molar-refractivity contribution is 1.26. The zero-order valence-electron chi connectivity index (χ0n) is 34.1. The second-order valence-electron chi connectivity index (χ2n) is 15.7. The Bertz CT molecular complexity index is 3270. The summed E-state index contributed by atoms with van der Waals surface area (Å²) in [4.78, 5) is 4.78. The van der Waals surface area contributed by atoms with E-state index in [0.29, 0.717) is 0 Å². The molecule has 62 heavy (non-hydrogen) atoms. The van der Waals surface area contributed by atoms with Gasteiger partial charge < -0.3 is 9.80 Å². The molecule has 0 bridgehead atoms. The maximum absolute atomic E-state index is 2.46. The Hall–Kier alpha value is -8.20. The van der Waals surface area contributed by atoms with Crippen molar-refractivity contribution in [3.05, 3.63) is 255 Å². The van der Waals surface area contributed by atoms with Crippen molar-refractivity contribution in [2.75, 3.05) is 9.80 Å². The van der Waals surface area contributed by atoms with Gasteiger partial charge in [0.25, 0.3) is 0 Å². The van der Waals surface area contributed by atoms with Gasteiger partial charge in [0.15, 0.2) is 0 Å². The molecule has 0 radical (unpaired) electrons. The number of benzene rings is 11. The molecule has 2 heteroatoms. The molecule has 0 atom stereocenters. The fourth-order valence-electron chi connectivity index (χ4n) is 9.06. The number of rotatable bonds is 9. The van der Waals surface area contributed by atoms with Crippen LogP contribution in [0.15, 0.2) is 255 Å². The molecule has 0 N–H and O–H groups in total. The molecular weight excluding hydrogens is 749 g/mol. The lowest BCUT2D eigenvalue weighted by Gasteiger charge is -2.31. The van der Waals surface area contributed by atoms with Gasteiger partial charge in [-0.25, -0.2) is 0 Å². The van der Waals surface area contributed by atoms with Crippen LogP contribution in [-0.4, -0.2) is 0 Å². The van der Waals surface area contributed by atoms with Crippen molar-refractivity contribution < 1.29 is 0 Å². The van der Waals surface area contributed by atoms with Gasteiger partial charge in [-0.15, -0.1) is 0 Å². The second kappa shape index (κ2) is 16.1. The number of para-hydroxylation sites is 3. The standard InChI is InChI=1S/C60H42N2/c1-6-18-43(19-7-1)47-33-39-56-57(41-47)59(49-31-30-45-22-16-17-23-46(45)40-49)55-38-32-48(44-20-8-2-9-21-44)42-58(55)60(56)62(52-28-14-5-15-29-52)54-36-34-53(35-37-54)61(50-24-10-3-11-25-50)51-26-12-4-13-27-51/h1-42H. The molecule has 0 heterocycles. The first-order valence-corrected chi connectivity index (χ1v) is 21.3. The number of nitrogens with zero attached hydrogens (tertiary/aromatic N) is 2. The summed E-state index contributed by atoms with van der Waals surface area (Å²) in [5.41, 5.74) is 13.7. The maximum atomic E-state index is 2.46. The molecule has 0 spiro atoms. The molecule has 0 aromatic heterocycles. The van der Waals surface area contributed by atoms with Gasteiger partial charge in [0.2, 0.25) is 0 Å². The zero-order chi connectivity index (χ0) is 41.2. The van der Waals surface area contributed by atoms with Gasteiger partial charge in [-0.3, -0.25) is 0 Å². The normalized spacial score (nSPS) is 11.2. The van der Waals surface area contributed by atoms with E-state index < -0.39 is 0 Å². The Kier molecular flexibility index (Phi) is 9.57. The Morgan fingerprint density at radius 3 is 1.16 bits per heavy atom. The van der Waals surface area contributed by atoms with Crippen LogP contribution in [0.2, 0.25) is 0 Å². The smallest absolute Gasteiger partial charge is 0.0619 e. The monoisotopic (exact) mass is 790 g/mol. The Morgan fingerprint density at radius 2 is 0.613 bits per heavy atom. The molecule has 0 fully saturated rings. The van der Waals surface area contributed by atoms with E-state index in [0.717, 1.165) is 34.1 Å². The van der Waals surface area contributed by atoms with Crippen molar-refractivity contribution in [2.45, 2.75) is 0 Å². The van der Waals surface area contributed by atoms with Crippen molar-refractivity contribution in [2.24, 2.45) is 0 Å². The van der Waals surface area contributed by atoms with Crippen molar-refractivity contribution >= 4 is 66.4 Å². The minimum atomic E-state index is 1.07. The summed E-state index contributed by atoms with van der Waals surface area (Å²) in [5.74, 6) is 0. The first-order chi connectivity index (χ1) is 30.8. The molecule has 0 aliphatic carbocycles. The highest BCUT2D eigenvalue weighted by Crippen LogP contribution is 2.50. The van der Waals surface area contributed by atoms with E-state index in [1.54, 1.807) is 0 Å². The average molecular weight is 791 g/mol. The van der Waals surface area contributed by atoms with Crippen LogP contribution in [0, 0.1) is 0 Å². The topological polar surface area (TPSA) is 6.48 Å². The second-order valence-corrected chi connectivity index (χ2v) is 15.7. The largest absolute Gasteiger partial charge is 0.311 e. The van der Waals surface area contributed by atoms with E-state index in [2.05, 4.69) is 265 Å². The van der Waals surface area contributed by atoms with Crippen molar-refractivity contribution in [1.29, 1.82) is 0 Å². The van der Waals surface area contributed by atoms with E-state index in [1.807, 2.05) is 0 Å². The van der Waals surface area contributed by atoms with Crippen LogP contribution >= 0.6 is 0 Å². The summed E-state index contributed by atoms with van der Waals surface area (Å²) >= 11 is 0. The molecule has 0 amide bonds. The van der Waals surface area contributed by atoms with Gasteiger partial charge in [0, 0.05) is 39.2 Å². The first kappa shape index (κ1) is 36.8. The highest BCUT2D eigenvalue weighted by Gasteiger charge is 2.24. The molecule has 0 saturated carbocycles. The van der Waals surface area contributed by atoms with Crippen molar-refractivity contribution in [1.82, 2.24) is 0 Å². The van der Waals surface area contributed by atoms with E-state index in [-0.39, 0.29) is 0 Å². The number of fused-ring (bicyclic) bond motifs is 3. The summed E-state index contributed by atoms with van der Waals surface area (Å²) < 4.78 is 0. The predicted octanol–water partition coefficient (Wildman–Crippen LogP) is 17.1. The zero-order valence-corrected chi connectivity index (χ0v) is 34.1. The highest BCUT2D eigenvalue weighted by atomic mass is 15.2. The van der Waals surface area contributed by atoms with Gasteiger partial charge >= 0.3 is 0 Å². The third-order valence-corrected chi connectivity index (χ3v) is 12.0. The maximum Gasteiger partial charge on any atom is 0.0619 e. The number of hydrogen-bond donors (Lipinski definition) is 0. The van der Waals surface area contributed by atoms with Crippen molar-refractivity contribution in [3.8, 4) is 33.4 Å². The Balaban J connectivity index is 1.21. The molecule has 2 nitrogen and oxygen atoms in total. The lowest BCUT2D eigenvalue weighted by atomic mass is 9.86.